The molecule has 2 aliphatic rings. The maximum Gasteiger partial charge on any atom is 0.227 e. The van der Waals surface area contributed by atoms with Gasteiger partial charge in [0.25, 0.3) is 0 Å². The lowest BCUT2D eigenvalue weighted by Gasteiger charge is -2.43. The Morgan fingerprint density at radius 1 is 1.40 bits per heavy atom. The first-order valence-corrected chi connectivity index (χ1v) is 7.39. The Balaban J connectivity index is 1.68. The van der Waals surface area contributed by atoms with Crippen molar-refractivity contribution in [3.8, 4) is 6.07 Å². The van der Waals surface area contributed by atoms with Crippen molar-refractivity contribution >= 4 is 17.5 Å². The van der Waals surface area contributed by atoms with Gasteiger partial charge in [0.1, 0.15) is 5.54 Å². The molecule has 0 heterocycles. The molecule has 3 rings (SSSR count). The second kappa shape index (κ2) is 4.79. The molecule has 1 aromatic rings. The summed E-state index contributed by atoms with van der Waals surface area (Å²) in [6, 6.07) is 10.0. The van der Waals surface area contributed by atoms with Crippen LogP contribution >= 0.6 is 11.6 Å². The normalized spacial score (nSPS) is 26.2. The molecule has 0 saturated heterocycles. The van der Waals surface area contributed by atoms with Gasteiger partial charge in [0, 0.05) is 18.0 Å². The molecule has 2 saturated carbocycles. The van der Waals surface area contributed by atoms with Crippen molar-refractivity contribution in [2.24, 2.45) is 5.92 Å². The van der Waals surface area contributed by atoms with Crippen molar-refractivity contribution in [2.75, 3.05) is 7.05 Å². The average molecular weight is 289 g/mol. The highest BCUT2D eigenvalue weighted by molar-refractivity contribution is 6.30. The Morgan fingerprint density at radius 3 is 2.55 bits per heavy atom. The molecule has 0 radical (unpaired) electrons. The summed E-state index contributed by atoms with van der Waals surface area (Å²) in [6.45, 7) is 0. The molecule has 0 aromatic heterocycles. The lowest BCUT2D eigenvalue weighted by atomic mass is 9.76. The number of hydrogen-bond donors (Lipinski definition) is 0. The Kier molecular flexibility index (Phi) is 3.22. The average Bonchev–Trinajstić information content (AvgIpc) is 3.18. The summed E-state index contributed by atoms with van der Waals surface area (Å²) < 4.78 is 0. The van der Waals surface area contributed by atoms with Crippen molar-refractivity contribution in [1.29, 1.82) is 5.26 Å². The second-order valence-corrected chi connectivity index (χ2v) is 6.33. The molecule has 1 amide bonds. The first-order valence-electron chi connectivity index (χ1n) is 7.02. The smallest absolute Gasteiger partial charge is 0.227 e. The van der Waals surface area contributed by atoms with E-state index in [1.807, 2.05) is 24.3 Å². The zero-order chi connectivity index (χ0) is 14.3. The lowest BCUT2D eigenvalue weighted by molar-refractivity contribution is -0.137. The zero-order valence-corrected chi connectivity index (χ0v) is 12.2. The summed E-state index contributed by atoms with van der Waals surface area (Å²) in [5.41, 5.74) is 0.630. The molecule has 20 heavy (non-hydrogen) atoms. The third-order valence-corrected chi connectivity index (χ3v) is 5.02. The number of halogens is 1. The van der Waals surface area contributed by atoms with Gasteiger partial charge in [-0.3, -0.25) is 4.79 Å². The first kappa shape index (κ1) is 13.5. The van der Waals surface area contributed by atoms with Crippen LogP contribution in [0.2, 0.25) is 5.02 Å². The minimum absolute atomic E-state index is 0.0343. The van der Waals surface area contributed by atoms with Gasteiger partial charge in [-0.1, -0.05) is 23.7 Å². The summed E-state index contributed by atoms with van der Waals surface area (Å²) >= 11 is 5.88. The topological polar surface area (TPSA) is 44.1 Å². The number of carbonyl (C=O) groups excluding carboxylic acids is 1. The van der Waals surface area contributed by atoms with Gasteiger partial charge in [0.15, 0.2) is 0 Å². The number of hydrogen-bond acceptors (Lipinski definition) is 2. The van der Waals surface area contributed by atoms with Gasteiger partial charge < -0.3 is 4.90 Å². The Bertz CT molecular complexity index is 571. The quantitative estimate of drug-likeness (QED) is 0.856. The summed E-state index contributed by atoms with van der Waals surface area (Å²) in [5, 5.41) is 10.0. The molecule has 1 aromatic carbocycles. The first-order chi connectivity index (χ1) is 9.57. The van der Waals surface area contributed by atoms with Gasteiger partial charge in [-0.25, -0.2) is 0 Å². The summed E-state index contributed by atoms with van der Waals surface area (Å²) in [6.07, 6.45) is 3.54. The largest absolute Gasteiger partial charge is 0.327 e. The maximum absolute atomic E-state index is 12.5. The van der Waals surface area contributed by atoms with Crippen LogP contribution in [0.15, 0.2) is 24.3 Å². The number of benzene rings is 1. The van der Waals surface area contributed by atoms with Gasteiger partial charge in [0.05, 0.1) is 6.07 Å². The highest BCUT2D eigenvalue weighted by Crippen LogP contribution is 2.50. The van der Waals surface area contributed by atoms with E-state index in [2.05, 4.69) is 6.07 Å². The van der Waals surface area contributed by atoms with E-state index in [1.165, 1.54) is 5.56 Å². The third kappa shape index (κ3) is 2.09. The molecule has 0 spiro atoms. The fourth-order valence-corrected chi connectivity index (χ4v) is 3.17. The Morgan fingerprint density at radius 2 is 2.05 bits per heavy atom. The van der Waals surface area contributed by atoms with Gasteiger partial charge in [-0.15, -0.1) is 0 Å². The molecule has 3 nitrogen and oxygen atoms in total. The zero-order valence-electron chi connectivity index (χ0n) is 11.5. The fourth-order valence-electron chi connectivity index (χ4n) is 3.04. The predicted molar refractivity (Wildman–Crippen MR) is 77.3 cm³/mol. The van der Waals surface area contributed by atoms with E-state index < -0.39 is 5.54 Å². The van der Waals surface area contributed by atoms with Crippen molar-refractivity contribution < 1.29 is 4.79 Å². The molecule has 2 unspecified atom stereocenters. The van der Waals surface area contributed by atoms with E-state index in [0.717, 1.165) is 25.7 Å². The van der Waals surface area contributed by atoms with E-state index >= 15 is 0 Å². The molecule has 0 aliphatic heterocycles. The van der Waals surface area contributed by atoms with Crippen LogP contribution in [0, 0.1) is 17.2 Å². The van der Waals surface area contributed by atoms with Crippen molar-refractivity contribution in [2.45, 2.75) is 37.1 Å². The van der Waals surface area contributed by atoms with Gasteiger partial charge in [-0.2, -0.15) is 5.26 Å². The van der Waals surface area contributed by atoms with Crippen LogP contribution < -0.4 is 0 Å². The molecule has 4 heteroatoms. The Labute approximate surface area is 124 Å². The van der Waals surface area contributed by atoms with E-state index in [0.29, 0.717) is 5.02 Å². The molecule has 2 aliphatic carbocycles. The van der Waals surface area contributed by atoms with Crippen molar-refractivity contribution in [3.63, 3.8) is 0 Å². The third-order valence-electron chi connectivity index (χ3n) is 4.77. The van der Waals surface area contributed by atoms with Gasteiger partial charge in [-0.05, 0) is 49.3 Å². The summed E-state index contributed by atoms with van der Waals surface area (Å²) in [5.74, 6) is 0.441. The van der Waals surface area contributed by atoms with Gasteiger partial charge in [0.2, 0.25) is 5.91 Å². The summed E-state index contributed by atoms with van der Waals surface area (Å²) in [4.78, 5) is 14.2. The number of rotatable bonds is 3. The minimum atomic E-state index is -0.537. The highest BCUT2D eigenvalue weighted by Gasteiger charge is 2.51. The molecule has 0 N–H and O–H groups in total. The molecule has 0 bridgehead atoms. The summed E-state index contributed by atoms with van der Waals surface area (Å²) in [7, 11) is 1.78. The SMILES string of the molecule is CN(C(=O)C1CC1c1ccc(Cl)cc1)C1(C#N)CCC1. The van der Waals surface area contributed by atoms with Gasteiger partial charge >= 0.3 is 0 Å². The van der Waals surface area contributed by atoms with E-state index in [9.17, 15) is 10.1 Å². The number of carbonyl (C=O) groups is 1. The fraction of sp³-hybridized carbons (Fsp3) is 0.500. The van der Waals surface area contributed by atoms with Crippen LogP contribution in [-0.4, -0.2) is 23.4 Å². The number of nitriles is 1. The lowest BCUT2D eigenvalue weighted by Crippen LogP contribution is -2.53. The van der Waals surface area contributed by atoms with Crippen LogP contribution in [-0.2, 0) is 4.79 Å². The molecule has 104 valence electrons. The second-order valence-electron chi connectivity index (χ2n) is 5.89. The van der Waals surface area contributed by atoms with Crippen LogP contribution in [0.5, 0.6) is 0 Å². The number of nitrogens with zero attached hydrogens (tertiary/aromatic N) is 2. The van der Waals surface area contributed by atoms with Crippen molar-refractivity contribution in [1.82, 2.24) is 4.90 Å². The molecule has 2 fully saturated rings. The highest BCUT2D eigenvalue weighted by atomic mass is 35.5. The van der Waals surface area contributed by atoms with E-state index in [4.69, 9.17) is 11.6 Å². The molecular formula is C16H17ClN2O. The van der Waals surface area contributed by atoms with Crippen LogP contribution in [0.1, 0.15) is 37.2 Å². The van der Waals surface area contributed by atoms with Crippen LogP contribution in [0.25, 0.3) is 0 Å². The van der Waals surface area contributed by atoms with Crippen LogP contribution in [0.3, 0.4) is 0 Å². The monoisotopic (exact) mass is 288 g/mol. The minimum Gasteiger partial charge on any atom is -0.327 e. The predicted octanol–water partition coefficient (Wildman–Crippen LogP) is 3.35. The number of amides is 1. The van der Waals surface area contributed by atoms with E-state index in [-0.39, 0.29) is 17.7 Å². The van der Waals surface area contributed by atoms with E-state index in [1.54, 1.807) is 11.9 Å². The maximum atomic E-state index is 12.5. The standard InChI is InChI=1S/C16H17ClN2O/c1-19(16(10-18)7-2-8-16)15(20)14-9-13(14)11-3-5-12(17)6-4-11/h3-6,13-14H,2,7-9H2,1H3. The van der Waals surface area contributed by atoms with Crippen LogP contribution in [0.4, 0.5) is 0 Å². The Hall–Kier alpha value is -1.53. The molecule has 2 atom stereocenters. The van der Waals surface area contributed by atoms with Crippen molar-refractivity contribution in [3.05, 3.63) is 34.9 Å². The molecular weight excluding hydrogens is 272 g/mol.